The van der Waals surface area contributed by atoms with E-state index in [9.17, 15) is 4.79 Å². The van der Waals surface area contributed by atoms with E-state index in [4.69, 9.17) is 21.1 Å². The van der Waals surface area contributed by atoms with Crippen LogP contribution < -0.4 is 25.0 Å². The molecule has 0 radical (unpaired) electrons. The van der Waals surface area contributed by atoms with Crippen molar-refractivity contribution in [3.8, 4) is 17.4 Å². The number of benzene rings is 2. The Morgan fingerprint density at radius 3 is 2.59 bits per heavy atom. The topological polar surface area (TPSA) is 108 Å². The third-order valence-electron chi connectivity index (χ3n) is 6.15. The van der Waals surface area contributed by atoms with Crippen molar-refractivity contribution in [1.82, 2.24) is 19.9 Å². The molecule has 192 valence electrons. The number of H-pyrrole nitrogens is 1. The van der Waals surface area contributed by atoms with E-state index in [1.807, 2.05) is 18.2 Å². The average Bonchev–Trinajstić information content (AvgIpc) is 3.39. The van der Waals surface area contributed by atoms with Gasteiger partial charge in [-0.15, -0.1) is 11.6 Å². The van der Waals surface area contributed by atoms with E-state index in [1.54, 1.807) is 37.6 Å². The first-order valence-corrected chi connectivity index (χ1v) is 12.4. The highest BCUT2D eigenvalue weighted by Crippen LogP contribution is 2.34. The second-order valence-corrected chi connectivity index (χ2v) is 8.97. The van der Waals surface area contributed by atoms with Gasteiger partial charge in [-0.05, 0) is 49.5 Å². The Bertz CT molecular complexity index is 1380. The van der Waals surface area contributed by atoms with Crippen LogP contribution in [-0.2, 0) is 4.79 Å². The highest BCUT2D eigenvalue weighted by atomic mass is 35.5. The standard InChI is InChI=1S/C26H28ClN7O3/c1-33-11-13-34(14-12-33)18-5-8-21(22(15-18)36-2)30-26-31-24-20(9-10-28-24)25(32-26)37-19-6-3-17(4-7-19)29-23(35)16-27/h3-10,15H,11-14,16H2,1-2H3,(H,29,35)(H2,28,30,31,32). The second-order valence-electron chi connectivity index (χ2n) is 8.70. The summed E-state index contributed by atoms with van der Waals surface area (Å²) in [5.74, 6) is 1.63. The number of carbonyl (C=O) groups is 1. The zero-order chi connectivity index (χ0) is 25.8. The quantitative estimate of drug-likeness (QED) is 0.292. The van der Waals surface area contributed by atoms with Crippen LogP contribution in [0.5, 0.6) is 17.4 Å². The Labute approximate surface area is 219 Å². The van der Waals surface area contributed by atoms with Crippen LogP contribution in [-0.4, -0.2) is 72.0 Å². The van der Waals surface area contributed by atoms with Gasteiger partial charge >= 0.3 is 0 Å². The number of methoxy groups -OCH3 is 1. The Morgan fingerprint density at radius 1 is 1.08 bits per heavy atom. The summed E-state index contributed by atoms with van der Waals surface area (Å²) in [5, 5.41) is 6.71. The first kappa shape index (κ1) is 24.7. The fourth-order valence-electron chi connectivity index (χ4n) is 4.12. The maximum atomic E-state index is 11.5. The van der Waals surface area contributed by atoms with Gasteiger partial charge in [-0.1, -0.05) is 0 Å². The first-order chi connectivity index (χ1) is 18.0. The number of hydrogen-bond acceptors (Lipinski definition) is 8. The minimum atomic E-state index is -0.275. The van der Waals surface area contributed by atoms with Crippen molar-refractivity contribution in [1.29, 1.82) is 0 Å². The molecule has 2 aromatic heterocycles. The zero-order valence-corrected chi connectivity index (χ0v) is 21.4. The van der Waals surface area contributed by atoms with Crippen LogP contribution in [0.4, 0.5) is 23.0 Å². The molecule has 3 heterocycles. The summed E-state index contributed by atoms with van der Waals surface area (Å²) in [7, 11) is 3.79. The van der Waals surface area contributed by atoms with Gasteiger partial charge < -0.3 is 34.9 Å². The number of amides is 1. The van der Waals surface area contributed by atoms with Crippen molar-refractivity contribution < 1.29 is 14.3 Å². The van der Waals surface area contributed by atoms with E-state index >= 15 is 0 Å². The molecule has 0 bridgehead atoms. The number of likely N-dealkylation sites (N-methyl/N-ethyl adjacent to an activating group) is 1. The number of aromatic nitrogens is 3. The van der Waals surface area contributed by atoms with Crippen LogP contribution in [0.1, 0.15) is 0 Å². The predicted molar refractivity (Wildman–Crippen MR) is 146 cm³/mol. The fraction of sp³-hybridized carbons (Fsp3) is 0.269. The molecule has 10 nitrogen and oxygen atoms in total. The largest absolute Gasteiger partial charge is 0.494 e. The van der Waals surface area contributed by atoms with Crippen LogP contribution >= 0.6 is 11.6 Å². The molecule has 3 N–H and O–H groups in total. The smallest absolute Gasteiger partial charge is 0.239 e. The van der Waals surface area contributed by atoms with Crippen molar-refractivity contribution in [2.45, 2.75) is 0 Å². The van der Waals surface area contributed by atoms with Gasteiger partial charge in [0.1, 0.15) is 23.0 Å². The Kier molecular flexibility index (Phi) is 7.29. The molecule has 0 atom stereocenters. The molecular weight excluding hydrogens is 494 g/mol. The average molecular weight is 522 g/mol. The van der Waals surface area contributed by atoms with Crippen molar-refractivity contribution in [3.63, 3.8) is 0 Å². The van der Waals surface area contributed by atoms with Gasteiger partial charge in [-0.2, -0.15) is 9.97 Å². The summed E-state index contributed by atoms with van der Waals surface area (Å²) in [6.07, 6.45) is 1.78. The van der Waals surface area contributed by atoms with Crippen LogP contribution in [0.2, 0.25) is 0 Å². The monoisotopic (exact) mass is 521 g/mol. The number of nitrogens with zero attached hydrogens (tertiary/aromatic N) is 4. The maximum absolute atomic E-state index is 11.5. The van der Waals surface area contributed by atoms with E-state index in [0.717, 1.165) is 42.9 Å². The molecule has 1 amide bonds. The number of anilines is 4. The Balaban J connectivity index is 1.37. The zero-order valence-electron chi connectivity index (χ0n) is 20.6. The van der Waals surface area contributed by atoms with Crippen molar-refractivity contribution in [2.75, 3.05) is 61.7 Å². The number of halogens is 1. The SMILES string of the molecule is COc1cc(N2CCN(C)CC2)ccc1Nc1nc(Oc2ccc(NC(=O)CCl)cc2)c2cc[nH]c2n1. The normalized spacial score (nSPS) is 14.0. The molecule has 0 saturated carbocycles. The second kappa shape index (κ2) is 10.9. The number of nitrogens with one attached hydrogen (secondary N) is 3. The summed E-state index contributed by atoms with van der Waals surface area (Å²) in [4.78, 5) is 28.5. The predicted octanol–water partition coefficient (Wildman–Crippen LogP) is 4.43. The molecule has 1 saturated heterocycles. The van der Waals surface area contributed by atoms with Gasteiger partial charge in [0.15, 0.2) is 0 Å². The van der Waals surface area contributed by atoms with Crippen molar-refractivity contribution in [3.05, 3.63) is 54.7 Å². The third-order valence-corrected chi connectivity index (χ3v) is 6.40. The number of ether oxygens (including phenoxy) is 2. The lowest BCUT2D eigenvalue weighted by atomic mass is 10.2. The summed E-state index contributed by atoms with van der Waals surface area (Å²) in [6.45, 7) is 4.00. The lowest BCUT2D eigenvalue weighted by Gasteiger charge is -2.34. The molecule has 0 unspecified atom stereocenters. The van der Waals surface area contributed by atoms with Gasteiger partial charge in [0.2, 0.25) is 17.7 Å². The minimum Gasteiger partial charge on any atom is -0.494 e. The van der Waals surface area contributed by atoms with Crippen LogP contribution in [0.3, 0.4) is 0 Å². The third kappa shape index (κ3) is 5.71. The van der Waals surface area contributed by atoms with Crippen LogP contribution in [0.15, 0.2) is 54.7 Å². The maximum Gasteiger partial charge on any atom is 0.239 e. The lowest BCUT2D eigenvalue weighted by molar-refractivity contribution is -0.113. The van der Waals surface area contributed by atoms with Gasteiger partial charge in [0.25, 0.3) is 0 Å². The summed E-state index contributed by atoms with van der Waals surface area (Å²) >= 11 is 5.55. The number of aromatic amines is 1. The van der Waals surface area contributed by atoms with Gasteiger partial charge in [-0.3, -0.25) is 4.79 Å². The van der Waals surface area contributed by atoms with Crippen LogP contribution in [0.25, 0.3) is 11.0 Å². The molecule has 11 heteroatoms. The minimum absolute atomic E-state index is 0.107. The number of alkyl halides is 1. The van der Waals surface area contributed by atoms with Crippen LogP contribution in [0, 0.1) is 0 Å². The molecule has 1 aliphatic rings. The van der Waals surface area contributed by atoms with Crippen molar-refractivity contribution >= 4 is 51.6 Å². The lowest BCUT2D eigenvalue weighted by Crippen LogP contribution is -2.44. The first-order valence-electron chi connectivity index (χ1n) is 11.9. The number of carbonyl (C=O) groups excluding carboxylic acids is 1. The molecule has 5 rings (SSSR count). The Morgan fingerprint density at radius 2 is 1.86 bits per heavy atom. The molecule has 1 fully saturated rings. The number of hydrogen-bond donors (Lipinski definition) is 3. The molecular formula is C26H28ClN7O3. The molecule has 2 aromatic carbocycles. The van der Waals surface area contributed by atoms with E-state index in [1.165, 1.54) is 0 Å². The fourth-order valence-corrected chi connectivity index (χ4v) is 4.19. The molecule has 4 aromatic rings. The van der Waals surface area contributed by atoms with Crippen molar-refractivity contribution in [2.24, 2.45) is 0 Å². The molecule has 37 heavy (non-hydrogen) atoms. The van der Waals surface area contributed by atoms with E-state index in [2.05, 4.69) is 48.5 Å². The van der Waals surface area contributed by atoms with E-state index < -0.39 is 0 Å². The van der Waals surface area contributed by atoms with Gasteiger partial charge in [0.05, 0.1) is 18.2 Å². The Hall–Kier alpha value is -4.02. The summed E-state index contributed by atoms with van der Waals surface area (Å²) in [5.41, 5.74) is 3.12. The summed E-state index contributed by atoms with van der Waals surface area (Å²) < 4.78 is 11.8. The molecule has 0 aliphatic carbocycles. The highest BCUT2D eigenvalue weighted by Gasteiger charge is 2.17. The summed E-state index contributed by atoms with van der Waals surface area (Å²) in [6, 6.07) is 14.9. The number of piperazine rings is 1. The van der Waals surface area contributed by atoms with E-state index in [0.29, 0.717) is 34.7 Å². The van der Waals surface area contributed by atoms with Gasteiger partial charge in [-0.25, -0.2) is 0 Å². The van der Waals surface area contributed by atoms with Gasteiger partial charge in [0, 0.05) is 49.8 Å². The molecule has 0 spiro atoms. The van der Waals surface area contributed by atoms with E-state index in [-0.39, 0.29) is 11.8 Å². The number of rotatable bonds is 8. The molecule has 1 aliphatic heterocycles. The number of fused-ring (bicyclic) bond motifs is 1. The highest BCUT2D eigenvalue weighted by molar-refractivity contribution is 6.29.